The quantitative estimate of drug-likeness (QED) is 0.160. The minimum Gasteiger partial charge on any atom is -0.494 e. The highest BCUT2D eigenvalue weighted by Gasteiger charge is 2.02. The molecule has 0 atom stereocenters. The second-order valence-corrected chi connectivity index (χ2v) is 9.68. The number of hydrogen-bond acceptors (Lipinski definition) is 3. The lowest BCUT2D eigenvalue weighted by Gasteiger charge is -2.08. The van der Waals surface area contributed by atoms with Crippen molar-refractivity contribution in [2.75, 3.05) is 13.7 Å². The second kappa shape index (κ2) is 23.1. The normalized spacial score (nSPS) is 10.9. The van der Waals surface area contributed by atoms with Crippen LogP contribution in [0.3, 0.4) is 0 Å². The highest BCUT2D eigenvalue weighted by molar-refractivity contribution is 5.69. The number of amides is 1. The summed E-state index contributed by atoms with van der Waals surface area (Å²) in [4.78, 5) is 11.2. The van der Waals surface area contributed by atoms with E-state index < -0.39 is 6.09 Å². The summed E-state index contributed by atoms with van der Waals surface area (Å²) >= 11 is 0. The highest BCUT2D eigenvalue weighted by atomic mass is 16.6. The third kappa shape index (κ3) is 18.7. The predicted molar refractivity (Wildman–Crippen MR) is 145 cm³/mol. The van der Waals surface area contributed by atoms with E-state index in [0.717, 1.165) is 18.8 Å². The molecule has 4 nitrogen and oxygen atoms in total. The minimum atomic E-state index is -0.460. The minimum absolute atomic E-state index is 0.460. The van der Waals surface area contributed by atoms with Gasteiger partial charge in [0.2, 0.25) is 0 Å². The average molecular weight is 476 g/mol. The third-order valence-corrected chi connectivity index (χ3v) is 6.51. The molecule has 0 bridgehead atoms. The van der Waals surface area contributed by atoms with E-state index in [9.17, 15) is 4.79 Å². The lowest BCUT2D eigenvalue weighted by Crippen LogP contribution is -2.21. The number of carbonyl (C=O) groups excluding carboxylic acids is 1. The SMILES string of the molecule is CCCCCCCCCCCCCCCCCCCCCCOc1ccc(OC(=O)NC)cc1. The molecule has 0 aliphatic carbocycles. The van der Waals surface area contributed by atoms with Gasteiger partial charge in [-0.25, -0.2) is 4.79 Å². The Balaban J connectivity index is 1.77. The Hall–Kier alpha value is -1.71. The molecule has 0 heterocycles. The van der Waals surface area contributed by atoms with Crippen molar-refractivity contribution in [3.8, 4) is 11.5 Å². The van der Waals surface area contributed by atoms with E-state index in [1.165, 1.54) is 122 Å². The van der Waals surface area contributed by atoms with Crippen LogP contribution in [0.15, 0.2) is 24.3 Å². The highest BCUT2D eigenvalue weighted by Crippen LogP contribution is 2.18. The van der Waals surface area contributed by atoms with E-state index >= 15 is 0 Å². The number of unbranched alkanes of at least 4 members (excludes halogenated alkanes) is 19. The van der Waals surface area contributed by atoms with Gasteiger partial charge in [-0.05, 0) is 30.7 Å². The number of nitrogens with one attached hydrogen (secondary N) is 1. The van der Waals surface area contributed by atoms with Gasteiger partial charge in [0.15, 0.2) is 0 Å². The molecule has 1 aromatic carbocycles. The fourth-order valence-electron chi connectivity index (χ4n) is 4.31. The Labute approximate surface area is 210 Å². The van der Waals surface area contributed by atoms with Crippen molar-refractivity contribution in [3.63, 3.8) is 0 Å². The Morgan fingerprint density at radius 1 is 0.588 bits per heavy atom. The summed E-state index contributed by atoms with van der Waals surface area (Å²) in [6, 6.07) is 7.19. The van der Waals surface area contributed by atoms with Crippen LogP contribution in [-0.2, 0) is 0 Å². The van der Waals surface area contributed by atoms with Gasteiger partial charge in [-0.3, -0.25) is 0 Å². The van der Waals surface area contributed by atoms with Crippen LogP contribution >= 0.6 is 0 Å². The average Bonchev–Trinajstić information content (AvgIpc) is 2.86. The van der Waals surface area contributed by atoms with Crippen molar-refractivity contribution in [2.45, 2.75) is 135 Å². The largest absolute Gasteiger partial charge is 0.494 e. The molecule has 1 rings (SSSR count). The molecule has 34 heavy (non-hydrogen) atoms. The van der Waals surface area contributed by atoms with Crippen LogP contribution in [0.4, 0.5) is 4.79 Å². The fourth-order valence-corrected chi connectivity index (χ4v) is 4.31. The van der Waals surface area contributed by atoms with Crippen LogP contribution in [0.5, 0.6) is 11.5 Å². The maximum Gasteiger partial charge on any atom is 0.412 e. The molecule has 0 unspecified atom stereocenters. The van der Waals surface area contributed by atoms with Crippen LogP contribution < -0.4 is 14.8 Å². The number of ether oxygens (including phenoxy) is 2. The van der Waals surface area contributed by atoms with Crippen LogP contribution in [-0.4, -0.2) is 19.7 Å². The first-order valence-corrected chi connectivity index (χ1v) is 14.4. The lowest BCUT2D eigenvalue weighted by molar-refractivity contribution is 0.203. The number of hydrogen-bond donors (Lipinski definition) is 1. The molecular formula is C30H53NO3. The number of carbonyl (C=O) groups is 1. The topological polar surface area (TPSA) is 47.6 Å². The second-order valence-electron chi connectivity index (χ2n) is 9.68. The first kappa shape index (κ1) is 30.3. The zero-order valence-electron chi connectivity index (χ0n) is 22.4. The van der Waals surface area contributed by atoms with Gasteiger partial charge >= 0.3 is 6.09 Å². The Morgan fingerprint density at radius 2 is 0.941 bits per heavy atom. The zero-order valence-corrected chi connectivity index (χ0v) is 22.4. The van der Waals surface area contributed by atoms with E-state index in [4.69, 9.17) is 9.47 Å². The lowest BCUT2D eigenvalue weighted by atomic mass is 10.0. The van der Waals surface area contributed by atoms with Crippen molar-refractivity contribution >= 4 is 6.09 Å². The van der Waals surface area contributed by atoms with Crippen LogP contribution in [0.1, 0.15) is 135 Å². The molecule has 0 aliphatic rings. The molecule has 0 aliphatic heterocycles. The van der Waals surface area contributed by atoms with Gasteiger partial charge in [-0.1, -0.05) is 129 Å². The molecule has 1 N–H and O–H groups in total. The van der Waals surface area contributed by atoms with E-state index in [1.807, 2.05) is 12.1 Å². The van der Waals surface area contributed by atoms with Crippen molar-refractivity contribution in [3.05, 3.63) is 24.3 Å². The molecule has 0 fully saturated rings. The molecule has 0 spiro atoms. The molecule has 4 heteroatoms. The van der Waals surface area contributed by atoms with E-state index in [0.29, 0.717) is 5.75 Å². The fraction of sp³-hybridized carbons (Fsp3) is 0.767. The van der Waals surface area contributed by atoms with Gasteiger partial charge in [0.25, 0.3) is 0 Å². The summed E-state index contributed by atoms with van der Waals surface area (Å²) in [6.07, 6.45) is 27.5. The van der Waals surface area contributed by atoms with Crippen LogP contribution in [0.2, 0.25) is 0 Å². The van der Waals surface area contributed by atoms with Crippen molar-refractivity contribution in [1.29, 1.82) is 0 Å². The summed E-state index contributed by atoms with van der Waals surface area (Å²) in [5.41, 5.74) is 0. The van der Waals surface area contributed by atoms with Crippen molar-refractivity contribution in [1.82, 2.24) is 5.32 Å². The Morgan fingerprint density at radius 3 is 1.32 bits per heavy atom. The summed E-state index contributed by atoms with van der Waals surface area (Å²) in [5.74, 6) is 1.34. The van der Waals surface area contributed by atoms with Gasteiger partial charge in [0, 0.05) is 7.05 Å². The first-order chi connectivity index (χ1) is 16.8. The van der Waals surface area contributed by atoms with Crippen molar-refractivity contribution in [2.24, 2.45) is 0 Å². The molecular weight excluding hydrogens is 422 g/mol. The summed E-state index contributed by atoms with van der Waals surface area (Å²) in [6.45, 7) is 3.04. The molecule has 0 radical (unpaired) electrons. The van der Waals surface area contributed by atoms with Gasteiger partial charge in [-0.15, -0.1) is 0 Å². The standard InChI is InChI=1S/C30H53NO3/c1-3-4-5-6-7-8-9-10-11-12-13-14-15-16-17-18-19-20-21-22-27-33-28-23-25-29(26-24-28)34-30(32)31-2/h23-26H,3-22,27H2,1-2H3,(H,31,32). The molecule has 1 amide bonds. The molecule has 196 valence electrons. The smallest absolute Gasteiger partial charge is 0.412 e. The van der Waals surface area contributed by atoms with E-state index in [2.05, 4.69) is 12.2 Å². The zero-order chi connectivity index (χ0) is 24.5. The Bertz CT molecular complexity index is 573. The maximum absolute atomic E-state index is 11.2. The summed E-state index contributed by atoms with van der Waals surface area (Å²) < 4.78 is 10.8. The Kier molecular flexibility index (Phi) is 20.6. The summed E-state index contributed by atoms with van der Waals surface area (Å²) in [5, 5.41) is 2.43. The van der Waals surface area contributed by atoms with Gasteiger partial charge in [0.05, 0.1) is 6.61 Å². The van der Waals surface area contributed by atoms with E-state index in [-0.39, 0.29) is 0 Å². The van der Waals surface area contributed by atoms with Gasteiger partial charge in [0.1, 0.15) is 11.5 Å². The maximum atomic E-state index is 11.2. The summed E-state index contributed by atoms with van der Waals surface area (Å²) in [7, 11) is 1.54. The molecule has 1 aromatic rings. The monoisotopic (exact) mass is 475 g/mol. The third-order valence-electron chi connectivity index (χ3n) is 6.51. The van der Waals surface area contributed by atoms with Crippen LogP contribution in [0, 0.1) is 0 Å². The molecule has 0 aromatic heterocycles. The number of rotatable bonds is 23. The number of benzene rings is 1. The van der Waals surface area contributed by atoms with Crippen molar-refractivity contribution < 1.29 is 14.3 Å². The van der Waals surface area contributed by atoms with Gasteiger partial charge in [-0.2, -0.15) is 0 Å². The van der Waals surface area contributed by atoms with Crippen LogP contribution in [0.25, 0.3) is 0 Å². The van der Waals surface area contributed by atoms with Gasteiger partial charge < -0.3 is 14.8 Å². The molecule has 0 saturated carbocycles. The van der Waals surface area contributed by atoms with E-state index in [1.54, 1.807) is 19.2 Å². The molecule has 0 saturated heterocycles. The first-order valence-electron chi connectivity index (χ1n) is 14.4. The predicted octanol–water partition coefficient (Wildman–Crippen LogP) is 9.61.